The van der Waals surface area contributed by atoms with E-state index in [1.165, 1.54) is 0 Å². The van der Waals surface area contributed by atoms with E-state index in [0.29, 0.717) is 19.4 Å². The molecule has 0 atom stereocenters. The van der Waals surface area contributed by atoms with E-state index in [-0.39, 0.29) is 11.3 Å². The number of halogens is 1. The van der Waals surface area contributed by atoms with Gasteiger partial charge < -0.3 is 5.32 Å². The smallest absolute Gasteiger partial charge is 0.220 e. The Bertz CT molecular complexity index is 685. The molecule has 1 heterocycles. The van der Waals surface area contributed by atoms with E-state index in [4.69, 9.17) is 11.6 Å². The molecule has 0 aliphatic heterocycles. The molecule has 0 bridgehead atoms. The van der Waals surface area contributed by atoms with Gasteiger partial charge in [-0.25, -0.2) is 9.97 Å². The van der Waals surface area contributed by atoms with Crippen LogP contribution in [-0.4, -0.2) is 22.4 Å². The molecule has 1 amide bonds. The van der Waals surface area contributed by atoms with Crippen LogP contribution in [0.4, 0.5) is 0 Å². The molecule has 0 radical (unpaired) electrons. The molecule has 122 valence electrons. The number of nitrogens with one attached hydrogen (secondary N) is 1. The zero-order chi connectivity index (χ0) is 16.9. The molecule has 23 heavy (non-hydrogen) atoms. The summed E-state index contributed by atoms with van der Waals surface area (Å²) in [6.45, 7) is 6.53. The van der Waals surface area contributed by atoms with E-state index in [0.717, 1.165) is 22.1 Å². The number of benzene rings is 1. The van der Waals surface area contributed by atoms with Crippen molar-refractivity contribution in [1.29, 1.82) is 0 Å². The third-order valence-electron chi connectivity index (χ3n) is 3.77. The van der Waals surface area contributed by atoms with Crippen molar-refractivity contribution < 1.29 is 4.79 Å². The van der Waals surface area contributed by atoms with Crippen LogP contribution in [0.2, 0.25) is 5.02 Å². The van der Waals surface area contributed by atoms with Gasteiger partial charge in [0.1, 0.15) is 5.82 Å². The number of amides is 1. The molecule has 1 aromatic carbocycles. The minimum Gasteiger partial charge on any atom is -0.355 e. The molecule has 0 spiro atoms. The summed E-state index contributed by atoms with van der Waals surface area (Å²) in [4.78, 5) is 20.4. The van der Waals surface area contributed by atoms with Crippen molar-refractivity contribution in [1.82, 2.24) is 15.3 Å². The van der Waals surface area contributed by atoms with Gasteiger partial charge in [-0.2, -0.15) is 0 Å². The highest BCUT2D eigenvalue weighted by Crippen LogP contribution is 2.28. The molecule has 1 aromatic heterocycles. The second-order valence-corrected chi connectivity index (χ2v) is 6.64. The molecular weight excluding hydrogens is 310 g/mol. The summed E-state index contributed by atoms with van der Waals surface area (Å²) in [5.74, 6) is 0.740. The van der Waals surface area contributed by atoms with Crippen molar-refractivity contribution in [3.8, 4) is 0 Å². The summed E-state index contributed by atoms with van der Waals surface area (Å²) < 4.78 is 0. The van der Waals surface area contributed by atoms with E-state index < -0.39 is 0 Å². The molecule has 0 saturated heterocycles. The summed E-state index contributed by atoms with van der Waals surface area (Å²) in [7, 11) is 0. The van der Waals surface area contributed by atoms with Gasteiger partial charge in [0.15, 0.2) is 0 Å². The summed E-state index contributed by atoms with van der Waals surface area (Å²) in [5.41, 5.74) is 1.70. The molecular formula is C18H22ClN3O. The third-order valence-corrected chi connectivity index (χ3v) is 4.10. The van der Waals surface area contributed by atoms with Gasteiger partial charge in [-0.15, -0.1) is 0 Å². The molecule has 4 nitrogen and oxygen atoms in total. The molecule has 0 fully saturated rings. The fourth-order valence-electron chi connectivity index (χ4n) is 2.40. The van der Waals surface area contributed by atoms with E-state index in [1.54, 1.807) is 6.20 Å². The number of hydrogen-bond acceptors (Lipinski definition) is 3. The number of hydrogen-bond donors (Lipinski definition) is 1. The van der Waals surface area contributed by atoms with Crippen molar-refractivity contribution in [2.75, 3.05) is 6.54 Å². The maximum Gasteiger partial charge on any atom is 0.220 e. The minimum absolute atomic E-state index is 0.0152. The Balaban J connectivity index is 1.87. The van der Waals surface area contributed by atoms with Crippen molar-refractivity contribution in [2.45, 2.75) is 39.0 Å². The first-order chi connectivity index (χ1) is 10.9. The van der Waals surface area contributed by atoms with E-state index in [9.17, 15) is 4.79 Å². The SMILES string of the molecule is Cc1nccc(CCC(=O)NCC(C)(C)c2ccccc2Cl)n1. The van der Waals surface area contributed by atoms with Crippen LogP contribution in [0.3, 0.4) is 0 Å². The predicted octanol–water partition coefficient (Wildman–Crippen LogP) is 3.47. The molecule has 0 aliphatic rings. The molecule has 0 unspecified atom stereocenters. The van der Waals surface area contributed by atoms with Gasteiger partial charge >= 0.3 is 0 Å². The Kier molecular flexibility index (Phi) is 5.72. The number of aryl methyl sites for hydroxylation is 2. The summed E-state index contributed by atoms with van der Waals surface area (Å²) >= 11 is 6.25. The standard InChI is InChI=1S/C18H22ClN3O/c1-13-20-11-10-14(22-13)8-9-17(23)21-12-18(2,3)15-6-4-5-7-16(15)19/h4-7,10-11H,8-9,12H2,1-3H3,(H,21,23). The van der Waals surface area contributed by atoms with Gasteiger partial charge in [-0.1, -0.05) is 43.6 Å². The Morgan fingerprint density at radius 3 is 2.70 bits per heavy atom. The van der Waals surface area contributed by atoms with Gasteiger partial charge in [-0.05, 0) is 31.0 Å². The highest BCUT2D eigenvalue weighted by Gasteiger charge is 2.23. The van der Waals surface area contributed by atoms with E-state index >= 15 is 0 Å². The van der Waals surface area contributed by atoms with Gasteiger partial charge in [0, 0.05) is 35.3 Å². The second kappa shape index (κ2) is 7.55. The summed E-state index contributed by atoms with van der Waals surface area (Å²) in [6.07, 6.45) is 2.74. The zero-order valence-corrected chi connectivity index (χ0v) is 14.5. The van der Waals surface area contributed by atoms with Crippen LogP contribution < -0.4 is 5.32 Å². The Labute approximate surface area is 142 Å². The lowest BCUT2D eigenvalue weighted by Crippen LogP contribution is -2.37. The maximum absolute atomic E-state index is 12.1. The summed E-state index contributed by atoms with van der Waals surface area (Å²) in [6, 6.07) is 9.58. The van der Waals surface area contributed by atoms with Crippen molar-refractivity contribution in [3.63, 3.8) is 0 Å². The maximum atomic E-state index is 12.1. The van der Waals surface area contributed by atoms with Crippen molar-refractivity contribution in [2.24, 2.45) is 0 Å². The van der Waals surface area contributed by atoms with E-state index in [1.807, 2.05) is 37.3 Å². The van der Waals surface area contributed by atoms with Crippen molar-refractivity contribution >= 4 is 17.5 Å². The fraction of sp³-hybridized carbons (Fsp3) is 0.389. The highest BCUT2D eigenvalue weighted by molar-refractivity contribution is 6.31. The van der Waals surface area contributed by atoms with Crippen LogP contribution in [0.5, 0.6) is 0 Å². The minimum atomic E-state index is -0.223. The molecule has 2 aromatic rings. The van der Waals surface area contributed by atoms with Crippen LogP contribution in [0.1, 0.15) is 37.4 Å². The molecule has 1 N–H and O–H groups in total. The lowest BCUT2D eigenvalue weighted by Gasteiger charge is -2.26. The summed E-state index contributed by atoms with van der Waals surface area (Å²) in [5, 5.41) is 3.72. The first kappa shape index (κ1) is 17.4. The van der Waals surface area contributed by atoms with Crippen LogP contribution in [-0.2, 0) is 16.6 Å². The Morgan fingerprint density at radius 2 is 2.00 bits per heavy atom. The molecule has 0 saturated carbocycles. The number of carbonyl (C=O) groups excluding carboxylic acids is 1. The lowest BCUT2D eigenvalue weighted by atomic mass is 9.84. The monoisotopic (exact) mass is 331 g/mol. The molecule has 0 aliphatic carbocycles. The largest absolute Gasteiger partial charge is 0.355 e. The Hall–Kier alpha value is -1.94. The van der Waals surface area contributed by atoms with E-state index in [2.05, 4.69) is 29.1 Å². The van der Waals surface area contributed by atoms with Crippen LogP contribution >= 0.6 is 11.6 Å². The van der Waals surface area contributed by atoms with Gasteiger partial charge in [0.2, 0.25) is 5.91 Å². The Morgan fingerprint density at radius 1 is 1.26 bits per heavy atom. The van der Waals surface area contributed by atoms with Crippen molar-refractivity contribution in [3.05, 3.63) is 58.6 Å². The van der Waals surface area contributed by atoms with Crippen LogP contribution in [0.25, 0.3) is 0 Å². The van der Waals surface area contributed by atoms with Crippen LogP contribution in [0, 0.1) is 6.92 Å². The van der Waals surface area contributed by atoms with Crippen LogP contribution in [0.15, 0.2) is 36.5 Å². The van der Waals surface area contributed by atoms with Gasteiger partial charge in [0.25, 0.3) is 0 Å². The zero-order valence-electron chi connectivity index (χ0n) is 13.8. The molecule has 5 heteroatoms. The average Bonchev–Trinajstić information content (AvgIpc) is 2.51. The predicted molar refractivity (Wildman–Crippen MR) is 92.6 cm³/mol. The fourth-order valence-corrected chi connectivity index (χ4v) is 2.79. The van der Waals surface area contributed by atoms with Gasteiger partial charge in [-0.3, -0.25) is 4.79 Å². The second-order valence-electron chi connectivity index (χ2n) is 6.24. The molecule has 2 rings (SSSR count). The van der Waals surface area contributed by atoms with Gasteiger partial charge in [0.05, 0.1) is 0 Å². The number of nitrogens with zero attached hydrogens (tertiary/aromatic N) is 2. The highest BCUT2D eigenvalue weighted by atomic mass is 35.5. The average molecular weight is 332 g/mol. The lowest BCUT2D eigenvalue weighted by molar-refractivity contribution is -0.121. The number of rotatable bonds is 6. The normalized spacial score (nSPS) is 11.3. The number of carbonyl (C=O) groups is 1. The number of aromatic nitrogens is 2. The quantitative estimate of drug-likeness (QED) is 0.881. The third kappa shape index (κ3) is 5.03. The first-order valence-electron chi connectivity index (χ1n) is 7.69. The first-order valence-corrected chi connectivity index (χ1v) is 8.06. The topological polar surface area (TPSA) is 54.9 Å².